The first-order chi connectivity index (χ1) is 9.55. The summed E-state index contributed by atoms with van der Waals surface area (Å²) in [7, 11) is 0. The third kappa shape index (κ3) is 4.74. The number of nitrogens with zero attached hydrogens (tertiary/aromatic N) is 1. The quantitative estimate of drug-likeness (QED) is 0.611. The summed E-state index contributed by atoms with van der Waals surface area (Å²) >= 11 is 0. The van der Waals surface area contributed by atoms with Gasteiger partial charge in [-0.3, -0.25) is 10.1 Å². The van der Waals surface area contributed by atoms with Gasteiger partial charge in [0.05, 0.1) is 0 Å². The van der Waals surface area contributed by atoms with Crippen molar-refractivity contribution >= 4 is 5.97 Å². The Hall–Kier alpha value is -0.610. The molecule has 2 aliphatic rings. The first-order valence-electron chi connectivity index (χ1n) is 8.30. The van der Waals surface area contributed by atoms with Gasteiger partial charge in [0.25, 0.3) is 0 Å². The zero-order valence-electron chi connectivity index (χ0n) is 13.0. The number of hydrogen-bond acceptors (Lipinski definition) is 3. The van der Waals surface area contributed by atoms with Crippen LogP contribution in [-0.4, -0.2) is 46.7 Å². The van der Waals surface area contributed by atoms with Crippen molar-refractivity contribution in [2.75, 3.05) is 13.1 Å². The van der Waals surface area contributed by atoms with Crippen LogP contribution in [-0.2, 0) is 4.79 Å². The van der Waals surface area contributed by atoms with Crippen LogP contribution >= 0.6 is 0 Å². The van der Waals surface area contributed by atoms with Crippen molar-refractivity contribution in [3.8, 4) is 0 Å². The molecule has 1 atom stereocenters. The molecular weight excluding hydrogens is 252 g/mol. The normalized spacial score (nSPS) is 21.9. The largest absolute Gasteiger partial charge is 0.480 e. The summed E-state index contributed by atoms with van der Waals surface area (Å²) in [6.07, 6.45) is 9.13. The molecule has 2 saturated carbocycles. The van der Waals surface area contributed by atoms with E-state index in [0.29, 0.717) is 6.04 Å². The molecule has 0 saturated heterocycles. The minimum absolute atomic E-state index is 0.440. The van der Waals surface area contributed by atoms with E-state index in [1.807, 2.05) is 6.92 Å². The van der Waals surface area contributed by atoms with Gasteiger partial charge in [0.15, 0.2) is 0 Å². The van der Waals surface area contributed by atoms with Crippen LogP contribution in [0.1, 0.15) is 65.2 Å². The average Bonchev–Trinajstić information content (AvgIpc) is 3.25. The van der Waals surface area contributed by atoms with E-state index in [4.69, 9.17) is 0 Å². The lowest BCUT2D eigenvalue weighted by Gasteiger charge is -2.28. The minimum atomic E-state index is -0.735. The molecule has 2 aliphatic carbocycles. The van der Waals surface area contributed by atoms with Crippen molar-refractivity contribution < 1.29 is 9.90 Å². The van der Waals surface area contributed by atoms with E-state index in [-0.39, 0.29) is 0 Å². The highest BCUT2D eigenvalue weighted by molar-refractivity contribution is 5.78. The maximum Gasteiger partial charge on any atom is 0.323 e. The summed E-state index contributed by atoms with van der Waals surface area (Å²) in [5.74, 6) is -0.698. The molecule has 0 aromatic carbocycles. The maximum atomic E-state index is 11.5. The number of carboxylic acid groups (broad SMARTS) is 1. The molecule has 0 radical (unpaired) electrons. The third-order valence-electron chi connectivity index (χ3n) is 4.56. The lowest BCUT2D eigenvalue weighted by atomic mass is 9.95. The average molecular weight is 282 g/mol. The Balaban J connectivity index is 1.74. The Kier molecular flexibility index (Phi) is 5.44. The topological polar surface area (TPSA) is 52.6 Å². The van der Waals surface area contributed by atoms with E-state index in [2.05, 4.69) is 17.1 Å². The van der Waals surface area contributed by atoms with Gasteiger partial charge in [0, 0.05) is 12.1 Å². The predicted molar refractivity (Wildman–Crippen MR) is 80.9 cm³/mol. The van der Waals surface area contributed by atoms with Gasteiger partial charge in [0.1, 0.15) is 5.54 Å². The molecule has 20 heavy (non-hydrogen) atoms. The molecule has 0 spiro atoms. The van der Waals surface area contributed by atoms with Crippen LogP contribution < -0.4 is 5.32 Å². The summed E-state index contributed by atoms with van der Waals surface area (Å²) in [6, 6.07) is 1.23. The fourth-order valence-corrected chi connectivity index (χ4v) is 2.83. The summed E-state index contributed by atoms with van der Waals surface area (Å²) < 4.78 is 0. The maximum absolute atomic E-state index is 11.5. The monoisotopic (exact) mass is 282 g/mol. The Labute approximate surface area is 122 Å². The number of unbranched alkanes of at least 4 members (excludes halogenated alkanes) is 1. The molecule has 0 heterocycles. The van der Waals surface area contributed by atoms with Gasteiger partial charge in [-0.25, -0.2) is 0 Å². The molecule has 0 bridgehead atoms. The van der Waals surface area contributed by atoms with Crippen LogP contribution in [0.2, 0.25) is 0 Å². The molecule has 0 aromatic heterocycles. The molecule has 2 N–H and O–H groups in total. The minimum Gasteiger partial charge on any atom is -0.480 e. The number of nitrogens with one attached hydrogen (secondary N) is 1. The lowest BCUT2D eigenvalue weighted by molar-refractivity contribution is -0.144. The van der Waals surface area contributed by atoms with E-state index in [1.54, 1.807) is 0 Å². The number of aliphatic carboxylic acids is 1. The van der Waals surface area contributed by atoms with Crippen molar-refractivity contribution in [1.82, 2.24) is 10.2 Å². The van der Waals surface area contributed by atoms with Crippen LogP contribution in [0.15, 0.2) is 0 Å². The van der Waals surface area contributed by atoms with Crippen LogP contribution in [0.4, 0.5) is 0 Å². The summed E-state index contributed by atoms with van der Waals surface area (Å²) in [4.78, 5) is 14.1. The van der Waals surface area contributed by atoms with Gasteiger partial charge in [-0.05, 0) is 65.0 Å². The highest BCUT2D eigenvalue weighted by Gasteiger charge is 2.38. The van der Waals surface area contributed by atoms with Crippen molar-refractivity contribution in [3.05, 3.63) is 0 Å². The molecule has 4 nitrogen and oxygen atoms in total. The zero-order chi connectivity index (χ0) is 14.6. The van der Waals surface area contributed by atoms with Crippen LogP contribution in [0.25, 0.3) is 0 Å². The van der Waals surface area contributed by atoms with Crippen molar-refractivity contribution in [1.29, 1.82) is 0 Å². The second kappa shape index (κ2) is 6.90. The molecule has 0 amide bonds. The molecule has 2 fully saturated rings. The van der Waals surface area contributed by atoms with Crippen LogP contribution in [0.3, 0.4) is 0 Å². The molecule has 1 unspecified atom stereocenters. The van der Waals surface area contributed by atoms with Gasteiger partial charge >= 0.3 is 5.97 Å². The van der Waals surface area contributed by atoms with Gasteiger partial charge in [0.2, 0.25) is 0 Å². The Morgan fingerprint density at radius 2 is 1.90 bits per heavy atom. The van der Waals surface area contributed by atoms with Gasteiger partial charge in [-0.15, -0.1) is 0 Å². The lowest BCUT2D eigenvalue weighted by Crippen LogP contribution is -2.51. The summed E-state index contributed by atoms with van der Waals surface area (Å²) in [5.41, 5.74) is -0.735. The van der Waals surface area contributed by atoms with Crippen molar-refractivity contribution in [3.63, 3.8) is 0 Å². The predicted octanol–water partition coefficient (Wildman–Crippen LogP) is 2.63. The second-order valence-corrected chi connectivity index (χ2v) is 6.78. The molecule has 2 rings (SSSR count). The zero-order valence-corrected chi connectivity index (χ0v) is 13.0. The van der Waals surface area contributed by atoms with Crippen molar-refractivity contribution in [2.24, 2.45) is 0 Å². The van der Waals surface area contributed by atoms with Crippen molar-refractivity contribution in [2.45, 2.75) is 82.8 Å². The fraction of sp³-hybridized carbons (Fsp3) is 0.938. The fourth-order valence-electron chi connectivity index (χ4n) is 2.83. The van der Waals surface area contributed by atoms with Gasteiger partial charge < -0.3 is 10.0 Å². The van der Waals surface area contributed by atoms with E-state index in [0.717, 1.165) is 38.3 Å². The van der Waals surface area contributed by atoms with Crippen LogP contribution in [0.5, 0.6) is 0 Å². The highest BCUT2D eigenvalue weighted by atomic mass is 16.4. The number of carbonyl (C=O) groups is 1. The SMILES string of the molecule is CCCCN(CCCC(C)(NC1CC1)C(=O)O)C1CC1. The number of carboxylic acids is 1. The number of rotatable bonds is 11. The molecule has 116 valence electrons. The van der Waals surface area contributed by atoms with E-state index >= 15 is 0 Å². The second-order valence-electron chi connectivity index (χ2n) is 6.78. The van der Waals surface area contributed by atoms with Gasteiger partial charge in [-0.2, -0.15) is 0 Å². The van der Waals surface area contributed by atoms with E-state index < -0.39 is 11.5 Å². The summed E-state index contributed by atoms with van der Waals surface area (Å²) in [6.45, 7) is 6.31. The molecule has 0 aliphatic heterocycles. The van der Waals surface area contributed by atoms with E-state index in [1.165, 1.54) is 32.2 Å². The standard InChI is InChI=1S/C16H30N2O2/c1-3-4-11-18(14-8-9-14)12-5-10-16(2,15(19)20)17-13-6-7-13/h13-14,17H,3-12H2,1-2H3,(H,19,20). The Bertz CT molecular complexity index is 326. The molecule has 0 aromatic rings. The Morgan fingerprint density at radius 3 is 2.40 bits per heavy atom. The highest BCUT2D eigenvalue weighted by Crippen LogP contribution is 2.29. The Morgan fingerprint density at radius 1 is 1.25 bits per heavy atom. The first kappa shape index (κ1) is 15.8. The molecular formula is C16H30N2O2. The smallest absolute Gasteiger partial charge is 0.323 e. The van der Waals surface area contributed by atoms with Gasteiger partial charge in [-0.1, -0.05) is 13.3 Å². The summed E-state index contributed by atoms with van der Waals surface area (Å²) in [5, 5.41) is 12.8. The first-order valence-corrected chi connectivity index (χ1v) is 8.30. The number of hydrogen-bond donors (Lipinski definition) is 2. The molecule has 4 heteroatoms. The third-order valence-corrected chi connectivity index (χ3v) is 4.56. The van der Waals surface area contributed by atoms with E-state index in [9.17, 15) is 9.90 Å². The van der Waals surface area contributed by atoms with Crippen LogP contribution in [0, 0.1) is 0 Å².